The zero-order valence-corrected chi connectivity index (χ0v) is 17.8. The molecule has 0 atom stereocenters. The molecule has 2 N–H and O–H groups in total. The Morgan fingerprint density at radius 1 is 1.00 bits per heavy atom. The van der Waals surface area contributed by atoms with Crippen LogP contribution in [0.1, 0.15) is 24.0 Å². The zero-order chi connectivity index (χ0) is 20.6. The number of likely N-dealkylation sites (tertiary alicyclic amines) is 1. The van der Waals surface area contributed by atoms with E-state index in [1.165, 1.54) is 11.1 Å². The Balaban J connectivity index is 1.17. The van der Waals surface area contributed by atoms with Gasteiger partial charge in [-0.25, -0.2) is 0 Å². The summed E-state index contributed by atoms with van der Waals surface area (Å²) in [7, 11) is 0. The Labute approximate surface area is 180 Å². The summed E-state index contributed by atoms with van der Waals surface area (Å²) >= 11 is 0. The molecule has 1 aromatic heterocycles. The van der Waals surface area contributed by atoms with Crippen LogP contribution in [0.25, 0.3) is 6.08 Å². The molecule has 2 aromatic rings. The number of pyridine rings is 1. The molecular weight excluding hydrogens is 372 g/mol. The normalized spacial score (nSPS) is 23.0. The van der Waals surface area contributed by atoms with Gasteiger partial charge in [-0.3, -0.25) is 9.78 Å². The van der Waals surface area contributed by atoms with Crippen LogP contribution in [0.4, 0.5) is 0 Å². The van der Waals surface area contributed by atoms with Crippen LogP contribution in [0, 0.1) is 5.92 Å². The second-order valence-corrected chi connectivity index (χ2v) is 8.65. The molecular formula is C25H34N4O+2. The SMILES string of the molecule is O=C(C1CC[NH+](Cc2cccnc2)CC1)N1CC[NH+](C/C=C/c2ccccc2)CC1. The van der Waals surface area contributed by atoms with Crippen molar-refractivity contribution in [3.05, 3.63) is 72.1 Å². The highest BCUT2D eigenvalue weighted by atomic mass is 16.2. The van der Waals surface area contributed by atoms with E-state index in [0.29, 0.717) is 5.91 Å². The number of carbonyl (C=O) groups is 1. The summed E-state index contributed by atoms with van der Waals surface area (Å²) in [6, 6.07) is 14.6. The number of piperidine rings is 1. The Bertz CT molecular complexity index is 808. The first kappa shape index (κ1) is 20.8. The lowest BCUT2D eigenvalue weighted by atomic mass is 9.94. The fraction of sp³-hybridized carbons (Fsp3) is 0.440. The van der Waals surface area contributed by atoms with Crippen molar-refractivity contribution in [2.24, 2.45) is 5.92 Å². The molecule has 1 amide bonds. The van der Waals surface area contributed by atoms with Gasteiger partial charge in [-0.1, -0.05) is 42.5 Å². The Morgan fingerprint density at radius 2 is 1.77 bits per heavy atom. The van der Waals surface area contributed by atoms with Gasteiger partial charge in [-0.2, -0.15) is 0 Å². The van der Waals surface area contributed by atoms with Crippen molar-refractivity contribution in [2.45, 2.75) is 19.4 Å². The minimum Gasteiger partial charge on any atom is -0.331 e. The smallest absolute Gasteiger partial charge is 0.226 e. The quantitative estimate of drug-likeness (QED) is 0.726. The van der Waals surface area contributed by atoms with Crippen molar-refractivity contribution in [3.8, 4) is 0 Å². The van der Waals surface area contributed by atoms with Crippen LogP contribution in [-0.2, 0) is 11.3 Å². The van der Waals surface area contributed by atoms with E-state index in [9.17, 15) is 4.79 Å². The largest absolute Gasteiger partial charge is 0.331 e. The average molecular weight is 407 g/mol. The van der Waals surface area contributed by atoms with Gasteiger partial charge in [0, 0.05) is 36.7 Å². The second-order valence-electron chi connectivity index (χ2n) is 8.65. The number of hydrogen-bond acceptors (Lipinski definition) is 2. The number of nitrogens with zero attached hydrogens (tertiary/aromatic N) is 2. The number of quaternary nitrogens is 2. The fourth-order valence-electron chi connectivity index (χ4n) is 4.67. The molecule has 0 spiro atoms. The first-order chi connectivity index (χ1) is 14.8. The van der Waals surface area contributed by atoms with E-state index in [2.05, 4.69) is 52.4 Å². The van der Waals surface area contributed by atoms with E-state index in [0.717, 1.165) is 65.2 Å². The molecule has 0 radical (unpaired) electrons. The van der Waals surface area contributed by atoms with E-state index in [-0.39, 0.29) is 5.92 Å². The molecule has 2 saturated heterocycles. The molecule has 2 fully saturated rings. The maximum atomic E-state index is 13.0. The van der Waals surface area contributed by atoms with E-state index >= 15 is 0 Å². The lowest BCUT2D eigenvalue weighted by Gasteiger charge is -2.36. The first-order valence-corrected chi connectivity index (χ1v) is 11.3. The maximum Gasteiger partial charge on any atom is 0.226 e. The summed E-state index contributed by atoms with van der Waals surface area (Å²) in [6.45, 7) is 8.13. The summed E-state index contributed by atoms with van der Waals surface area (Å²) in [6.07, 6.45) is 10.3. The molecule has 1 aromatic carbocycles. The van der Waals surface area contributed by atoms with Crippen LogP contribution in [0.3, 0.4) is 0 Å². The Hall–Kier alpha value is -2.50. The molecule has 0 saturated carbocycles. The third-order valence-electron chi connectivity index (χ3n) is 6.52. The van der Waals surface area contributed by atoms with Crippen LogP contribution in [0.15, 0.2) is 60.9 Å². The predicted molar refractivity (Wildman–Crippen MR) is 119 cm³/mol. The maximum absolute atomic E-state index is 13.0. The number of hydrogen-bond donors (Lipinski definition) is 2. The molecule has 2 aliphatic heterocycles. The number of rotatable bonds is 6. The predicted octanol–water partition coefficient (Wildman–Crippen LogP) is 0.317. The second kappa shape index (κ2) is 10.5. The molecule has 2 aliphatic rings. The minimum atomic E-state index is 0.224. The van der Waals surface area contributed by atoms with Gasteiger partial charge in [-0.05, 0) is 17.7 Å². The van der Waals surface area contributed by atoms with E-state index in [1.807, 2.05) is 24.5 Å². The summed E-state index contributed by atoms with van der Waals surface area (Å²) in [5.74, 6) is 0.622. The highest BCUT2D eigenvalue weighted by molar-refractivity contribution is 5.79. The van der Waals surface area contributed by atoms with Crippen molar-refractivity contribution in [2.75, 3.05) is 45.8 Å². The summed E-state index contributed by atoms with van der Waals surface area (Å²) in [4.78, 5) is 22.5. The Kier molecular flexibility index (Phi) is 7.27. The number of piperazine rings is 1. The fourth-order valence-corrected chi connectivity index (χ4v) is 4.67. The summed E-state index contributed by atoms with van der Waals surface area (Å²) < 4.78 is 0. The van der Waals surface area contributed by atoms with Gasteiger partial charge in [-0.15, -0.1) is 0 Å². The van der Waals surface area contributed by atoms with Crippen molar-refractivity contribution in [3.63, 3.8) is 0 Å². The third-order valence-corrected chi connectivity index (χ3v) is 6.52. The molecule has 3 heterocycles. The molecule has 0 aliphatic carbocycles. The van der Waals surface area contributed by atoms with Crippen LogP contribution in [-0.4, -0.2) is 61.6 Å². The van der Waals surface area contributed by atoms with E-state index in [4.69, 9.17) is 0 Å². The first-order valence-electron chi connectivity index (χ1n) is 11.3. The monoisotopic (exact) mass is 406 g/mol. The third kappa shape index (κ3) is 5.77. The van der Waals surface area contributed by atoms with Crippen molar-refractivity contribution in [1.29, 1.82) is 0 Å². The van der Waals surface area contributed by atoms with Gasteiger partial charge in [0.25, 0.3) is 0 Å². The molecule has 30 heavy (non-hydrogen) atoms. The lowest BCUT2D eigenvalue weighted by Crippen LogP contribution is -3.14. The van der Waals surface area contributed by atoms with Crippen LogP contribution in [0.2, 0.25) is 0 Å². The highest BCUT2D eigenvalue weighted by Crippen LogP contribution is 2.14. The highest BCUT2D eigenvalue weighted by Gasteiger charge is 2.32. The van der Waals surface area contributed by atoms with Gasteiger partial charge < -0.3 is 14.7 Å². The summed E-state index contributed by atoms with van der Waals surface area (Å²) in [5, 5.41) is 0. The van der Waals surface area contributed by atoms with Crippen molar-refractivity contribution >= 4 is 12.0 Å². The van der Waals surface area contributed by atoms with Gasteiger partial charge >= 0.3 is 0 Å². The van der Waals surface area contributed by atoms with Crippen molar-refractivity contribution in [1.82, 2.24) is 9.88 Å². The van der Waals surface area contributed by atoms with Gasteiger partial charge in [0.15, 0.2) is 0 Å². The molecule has 4 rings (SSSR count). The Morgan fingerprint density at radius 3 is 2.47 bits per heavy atom. The van der Waals surface area contributed by atoms with Gasteiger partial charge in [0.1, 0.15) is 6.54 Å². The van der Waals surface area contributed by atoms with Gasteiger partial charge in [0.05, 0.1) is 45.8 Å². The molecule has 158 valence electrons. The van der Waals surface area contributed by atoms with Crippen LogP contribution < -0.4 is 9.80 Å². The van der Waals surface area contributed by atoms with Crippen molar-refractivity contribution < 1.29 is 14.6 Å². The van der Waals surface area contributed by atoms with E-state index < -0.39 is 0 Å². The van der Waals surface area contributed by atoms with E-state index in [1.54, 1.807) is 9.80 Å². The number of aromatic nitrogens is 1. The number of benzene rings is 1. The number of carbonyl (C=O) groups excluding carboxylic acids is 1. The molecule has 0 bridgehead atoms. The minimum absolute atomic E-state index is 0.224. The molecule has 5 heteroatoms. The molecule has 5 nitrogen and oxygen atoms in total. The van der Waals surface area contributed by atoms with Crippen LogP contribution >= 0.6 is 0 Å². The zero-order valence-electron chi connectivity index (χ0n) is 17.8. The topological polar surface area (TPSA) is 42.1 Å². The van der Waals surface area contributed by atoms with Crippen LogP contribution in [0.5, 0.6) is 0 Å². The van der Waals surface area contributed by atoms with Gasteiger partial charge in [0.2, 0.25) is 5.91 Å². The average Bonchev–Trinajstić information content (AvgIpc) is 2.81. The number of amides is 1. The number of nitrogens with one attached hydrogen (secondary N) is 2. The molecule has 0 unspecified atom stereocenters. The lowest BCUT2D eigenvalue weighted by molar-refractivity contribution is -0.919. The summed E-state index contributed by atoms with van der Waals surface area (Å²) in [5.41, 5.74) is 2.54. The standard InChI is InChI=1S/C25H32N4O/c30-25(24-10-14-28(15-11-24)21-23-8-4-12-26-20-23)29-18-16-27(17-19-29)13-5-9-22-6-2-1-3-7-22/h1-9,12,20,24H,10-11,13-19,21H2/p+2/b9-5+.